The van der Waals surface area contributed by atoms with E-state index >= 15 is 0 Å². The lowest BCUT2D eigenvalue weighted by Crippen LogP contribution is -2.27. The zero-order chi connectivity index (χ0) is 25.5. The topological polar surface area (TPSA) is 124 Å². The smallest absolute Gasteiger partial charge is 0.159 e. The van der Waals surface area contributed by atoms with Gasteiger partial charge in [0.1, 0.15) is 17.0 Å². The number of benzene rings is 1. The molecule has 1 fully saturated rings. The summed E-state index contributed by atoms with van der Waals surface area (Å²) < 4.78 is 14.7. The van der Waals surface area contributed by atoms with Gasteiger partial charge in [-0.2, -0.15) is 5.10 Å². The number of aromatic nitrogens is 6. The lowest BCUT2D eigenvalue weighted by molar-refractivity contribution is 0.376. The second kappa shape index (κ2) is 9.62. The number of rotatable bonds is 6. The highest BCUT2D eigenvalue weighted by Gasteiger charge is 2.21. The van der Waals surface area contributed by atoms with Crippen LogP contribution in [0.25, 0.3) is 44.7 Å². The molecule has 4 aromatic heterocycles. The van der Waals surface area contributed by atoms with Crippen LogP contribution in [0.1, 0.15) is 36.1 Å². The Morgan fingerprint density at radius 3 is 2.73 bits per heavy atom. The van der Waals surface area contributed by atoms with Gasteiger partial charge in [-0.15, -0.1) is 0 Å². The Morgan fingerprint density at radius 1 is 1.08 bits per heavy atom. The standard InChI is InChI=1S/C27H30FN9/c1-37(2)14-20(29)16-9-17(11-18(28)10-16)24-26-21(5-8-31-24)33-27(34-26)25-19-12-22(15-3-6-30-7-4-15)32-13-23(19)35-36-25/h5,8-13,15,20,30H,3-4,6-7,14,29H2,1-2H3,(H,33,34)(H,35,36). The van der Waals surface area contributed by atoms with Gasteiger partial charge in [-0.25, -0.2) is 9.37 Å². The molecule has 0 aliphatic carbocycles. The number of aromatic amines is 2. The molecule has 1 unspecified atom stereocenters. The van der Waals surface area contributed by atoms with E-state index in [4.69, 9.17) is 15.7 Å². The quantitative estimate of drug-likeness (QED) is 0.281. The highest BCUT2D eigenvalue weighted by molar-refractivity contribution is 5.95. The first kappa shape index (κ1) is 23.7. The normalized spacial score (nSPS) is 15.7. The van der Waals surface area contributed by atoms with Crippen molar-refractivity contribution in [1.29, 1.82) is 0 Å². The third-order valence-electron chi connectivity index (χ3n) is 7.03. The van der Waals surface area contributed by atoms with Crippen LogP contribution in [0.4, 0.5) is 4.39 Å². The van der Waals surface area contributed by atoms with Gasteiger partial charge in [0.05, 0.1) is 22.9 Å². The van der Waals surface area contributed by atoms with Crippen molar-refractivity contribution in [3.05, 3.63) is 59.8 Å². The van der Waals surface area contributed by atoms with E-state index in [1.807, 2.05) is 37.3 Å². The molecule has 9 nitrogen and oxygen atoms in total. The molecule has 0 saturated carbocycles. The number of fused-ring (bicyclic) bond motifs is 2. The first-order valence-electron chi connectivity index (χ1n) is 12.6. The highest BCUT2D eigenvalue weighted by atomic mass is 19.1. The van der Waals surface area contributed by atoms with E-state index in [2.05, 4.69) is 31.5 Å². The minimum atomic E-state index is -0.354. The summed E-state index contributed by atoms with van der Waals surface area (Å²) in [6, 6.07) is 8.53. The third-order valence-corrected chi connectivity index (χ3v) is 7.03. The molecule has 0 bridgehead atoms. The molecule has 10 heteroatoms. The molecule has 5 N–H and O–H groups in total. The summed E-state index contributed by atoms with van der Waals surface area (Å²) >= 11 is 0. The number of likely N-dealkylation sites (N-methyl/N-ethyl adjacent to an activating group) is 1. The summed E-state index contributed by atoms with van der Waals surface area (Å²) in [4.78, 5) is 19.5. The Kier molecular flexibility index (Phi) is 6.15. The zero-order valence-corrected chi connectivity index (χ0v) is 20.9. The van der Waals surface area contributed by atoms with Gasteiger partial charge in [0.2, 0.25) is 0 Å². The molecule has 1 aliphatic rings. The van der Waals surface area contributed by atoms with Crippen molar-refractivity contribution >= 4 is 21.9 Å². The number of piperidine rings is 1. The number of hydrogen-bond acceptors (Lipinski definition) is 7. The Bertz CT molecular complexity index is 1570. The number of H-pyrrole nitrogens is 2. The number of hydrogen-bond donors (Lipinski definition) is 4. The minimum absolute atomic E-state index is 0.323. The Hall–Kier alpha value is -3.73. The largest absolute Gasteiger partial charge is 0.336 e. The maximum Gasteiger partial charge on any atom is 0.159 e. The molecule has 1 aliphatic heterocycles. The fourth-order valence-corrected chi connectivity index (χ4v) is 5.18. The molecule has 0 spiro atoms. The van der Waals surface area contributed by atoms with Gasteiger partial charge in [0.25, 0.3) is 0 Å². The van der Waals surface area contributed by atoms with Gasteiger partial charge in [0, 0.05) is 41.3 Å². The average Bonchev–Trinajstić information content (AvgIpc) is 3.52. The molecular formula is C27H30FN9. The lowest BCUT2D eigenvalue weighted by atomic mass is 9.93. The fourth-order valence-electron chi connectivity index (χ4n) is 5.18. The molecule has 1 atom stereocenters. The Labute approximate surface area is 213 Å². The van der Waals surface area contributed by atoms with Crippen LogP contribution in [0.3, 0.4) is 0 Å². The van der Waals surface area contributed by atoms with Crippen LogP contribution in [-0.4, -0.2) is 68.8 Å². The van der Waals surface area contributed by atoms with Crippen LogP contribution in [0.2, 0.25) is 0 Å². The Balaban J connectivity index is 1.41. The summed E-state index contributed by atoms with van der Waals surface area (Å²) in [6.45, 7) is 2.61. The predicted octanol–water partition coefficient (Wildman–Crippen LogP) is 3.73. The molecule has 37 heavy (non-hydrogen) atoms. The number of nitrogens with zero attached hydrogens (tertiary/aromatic N) is 5. The summed E-state index contributed by atoms with van der Waals surface area (Å²) in [5, 5.41) is 12.0. The summed E-state index contributed by atoms with van der Waals surface area (Å²) in [6.07, 6.45) is 5.69. The first-order valence-corrected chi connectivity index (χ1v) is 12.6. The van der Waals surface area contributed by atoms with Crippen LogP contribution in [-0.2, 0) is 0 Å². The number of nitrogens with one attached hydrogen (secondary N) is 3. The lowest BCUT2D eigenvalue weighted by Gasteiger charge is -2.21. The van der Waals surface area contributed by atoms with Crippen molar-refractivity contribution in [2.24, 2.45) is 5.73 Å². The molecular weight excluding hydrogens is 469 g/mol. The van der Waals surface area contributed by atoms with Crippen molar-refractivity contribution in [2.75, 3.05) is 33.7 Å². The molecule has 1 saturated heterocycles. The van der Waals surface area contributed by atoms with E-state index in [9.17, 15) is 4.39 Å². The van der Waals surface area contributed by atoms with E-state index in [0.29, 0.717) is 35.1 Å². The van der Waals surface area contributed by atoms with Crippen molar-refractivity contribution < 1.29 is 4.39 Å². The van der Waals surface area contributed by atoms with Crippen molar-refractivity contribution in [2.45, 2.75) is 24.8 Å². The number of pyridine rings is 2. The van der Waals surface area contributed by atoms with Crippen LogP contribution >= 0.6 is 0 Å². The third kappa shape index (κ3) is 4.59. The van der Waals surface area contributed by atoms with Crippen LogP contribution in [0.5, 0.6) is 0 Å². The van der Waals surface area contributed by atoms with Gasteiger partial charge < -0.3 is 20.9 Å². The van der Waals surface area contributed by atoms with Crippen molar-refractivity contribution in [3.63, 3.8) is 0 Å². The van der Waals surface area contributed by atoms with Crippen molar-refractivity contribution in [1.82, 2.24) is 40.3 Å². The van der Waals surface area contributed by atoms with E-state index in [0.717, 1.165) is 59.3 Å². The summed E-state index contributed by atoms with van der Waals surface area (Å²) in [5.41, 5.74) is 12.4. The molecule has 0 amide bonds. The molecule has 1 aromatic carbocycles. The van der Waals surface area contributed by atoms with Crippen LogP contribution in [0.15, 0.2) is 42.7 Å². The maximum absolute atomic E-state index is 14.7. The van der Waals surface area contributed by atoms with Gasteiger partial charge in [-0.3, -0.25) is 15.1 Å². The van der Waals surface area contributed by atoms with Crippen molar-refractivity contribution in [3.8, 4) is 22.8 Å². The van der Waals surface area contributed by atoms with Crippen LogP contribution in [0, 0.1) is 5.82 Å². The molecule has 5 heterocycles. The van der Waals surface area contributed by atoms with Crippen LogP contribution < -0.4 is 11.1 Å². The summed E-state index contributed by atoms with van der Waals surface area (Å²) in [7, 11) is 3.88. The minimum Gasteiger partial charge on any atom is -0.336 e. The Morgan fingerprint density at radius 2 is 1.92 bits per heavy atom. The van der Waals surface area contributed by atoms with E-state index < -0.39 is 0 Å². The number of imidazole rings is 1. The zero-order valence-electron chi connectivity index (χ0n) is 20.9. The van der Waals surface area contributed by atoms with E-state index in [-0.39, 0.29) is 11.9 Å². The van der Waals surface area contributed by atoms with E-state index in [1.54, 1.807) is 6.20 Å². The highest BCUT2D eigenvalue weighted by Crippen LogP contribution is 2.33. The molecule has 6 rings (SSSR count). The second-order valence-electron chi connectivity index (χ2n) is 10.0. The van der Waals surface area contributed by atoms with E-state index in [1.165, 1.54) is 12.1 Å². The SMILES string of the molecule is CN(C)CC(N)c1cc(F)cc(-c2nccc3[nH]c(-c4n[nH]c5cnc(C6CCNCC6)cc45)nc23)c1. The molecule has 0 radical (unpaired) electrons. The number of halogens is 1. The monoisotopic (exact) mass is 499 g/mol. The predicted molar refractivity (Wildman–Crippen MR) is 142 cm³/mol. The van der Waals surface area contributed by atoms with Gasteiger partial charge >= 0.3 is 0 Å². The summed E-state index contributed by atoms with van der Waals surface area (Å²) in [5.74, 6) is 0.701. The van der Waals surface area contributed by atoms with Gasteiger partial charge in [-0.05, 0) is 75.9 Å². The first-order chi connectivity index (χ1) is 18.0. The number of nitrogens with two attached hydrogens (primary N) is 1. The van der Waals surface area contributed by atoms with Gasteiger partial charge in [0.15, 0.2) is 5.82 Å². The second-order valence-corrected chi connectivity index (χ2v) is 10.0. The molecule has 5 aromatic rings. The molecule has 190 valence electrons. The average molecular weight is 500 g/mol. The maximum atomic E-state index is 14.7. The fraction of sp³-hybridized carbons (Fsp3) is 0.333. The van der Waals surface area contributed by atoms with Gasteiger partial charge in [-0.1, -0.05) is 0 Å².